The summed E-state index contributed by atoms with van der Waals surface area (Å²) in [6, 6.07) is 3.73. The summed E-state index contributed by atoms with van der Waals surface area (Å²) in [6.45, 7) is 5.72. The topological polar surface area (TPSA) is 56.7 Å². The fourth-order valence-corrected chi connectivity index (χ4v) is 1.89. The number of halogens is 1. The van der Waals surface area contributed by atoms with Crippen molar-refractivity contribution in [2.75, 3.05) is 0 Å². The lowest BCUT2D eigenvalue weighted by atomic mass is 10.1. The van der Waals surface area contributed by atoms with Gasteiger partial charge in [-0.15, -0.1) is 0 Å². The lowest BCUT2D eigenvalue weighted by Gasteiger charge is -2.12. The Hall–Kier alpha value is -1.39. The van der Waals surface area contributed by atoms with Gasteiger partial charge in [-0.2, -0.15) is 5.10 Å². The van der Waals surface area contributed by atoms with Crippen LogP contribution < -0.4 is 5.73 Å². The minimum absolute atomic E-state index is 0.0959. The Balaban J connectivity index is 2.64. The Morgan fingerprint density at radius 3 is 2.65 bits per heavy atom. The van der Waals surface area contributed by atoms with Crippen LogP contribution in [0.3, 0.4) is 0 Å². The molecule has 2 heterocycles. The fraction of sp³-hybridized carbons (Fsp3) is 0.333. The first kappa shape index (κ1) is 12.1. The van der Waals surface area contributed by atoms with Gasteiger partial charge in [0.1, 0.15) is 0 Å². The van der Waals surface area contributed by atoms with Crippen molar-refractivity contribution in [2.24, 2.45) is 5.73 Å². The van der Waals surface area contributed by atoms with Crippen molar-refractivity contribution in [3.05, 3.63) is 40.3 Å². The SMILES string of the molecule is Cc1nn(-c2ncccc2[C@H](C)N)c(C)c1Cl. The van der Waals surface area contributed by atoms with Crippen LogP contribution >= 0.6 is 11.6 Å². The monoisotopic (exact) mass is 250 g/mol. The van der Waals surface area contributed by atoms with Gasteiger partial charge >= 0.3 is 0 Å². The molecule has 2 rings (SSSR count). The van der Waals surface area contributed by atoms with Crippen LogP contribution in [0.4, 0.5) is 0 Å². The molecule has 0 aliphatic heterocycles. The molecule has 2 aromatic rings. The summed E-state index contributed by atoms with van der Waals surface area (Å²) in [4.78, 5) is 4.35. The second-order valence-corrected chi connectivity index (χ2v) is 4.48. The number of rotatable bonds is 2. The first-order chi connectivity index (χ1) is 8.02. The van der Waals surface area contributed by atoms with E-state index in [0.29, 0.717) is 5.02 Å². The summed E-state index contributed by atoms with van der Waals surface area (Å²) in [5.41, 5.74) is 8.56. The van der Waals surface area contributed by atoms with Crippen molar-refractivity contribution in [2.45, 2.75) is 26.8 Å². The normalized spacial score (nSPS) is 12.8. The number of aryl methyl sites for hydroxylation is 1. The third-order valence-corrected chi connectivity index (χ3v) is 3.26. The Bertz CT molecular complexity index is 545. The molecule has 5 heteroatoms. The van der Waals surface area contributed by atoms with E-state index in [2.05, 4.69) is 10.1 Å². The first-order valence-corrected chi connectivity index (χ1v) is 5.82. The van der Waals surface area contributed by atoms with Crippen LogP contribution in [-0.2, 0) is 0 Å². The third kappa shape index (κ3) is 2.06. The zero-order chi connectivity index (χ0) is 12.6. The van der Waals surface area contributed by atoms with Gasteiger partial charge in [0.05, 0.1) is 16.4 Å². The van der Waals surface area contributed by atoms with Crippen LogP contribution in [0, 0.1) is 13.8 Å². The predicted octanol–water partition coefficient (Wildman–Crippen LogP) is 2.56. The molecular formula is C12H15ClN4. The van der Waals surface area contributed by atoms with Crippen molar-refractivity contribution >= 4 is 11.6 Å². The highest BCUT2D eigenvalue weighted by Crippen LogP contribution is 2.24. The number of nitrogens with two attached hydrogens (primary N) is 1. The molecule has 0 spiro atoms. The van der Waals surface area contributed by atoms with Crippen molar-refractivity contribution in [1.82, 2.24) is 14.8 Å². The quantitative estimate of drug-likeness (QED) is 0.891. The molecular weight excluding hydrogens is 236 g/mol. The van der Waals surface area contributed by atoms with Gasteiger partial charge < -0.3 is 5.73 Å². The zero-order valence-electron chi connectivity index (χ0n) is 10.1. The highest BCUT2D eigenvalue weighted by Gasteiger charge is 2.15. The molecule has 1 atom stereocenters. The second kappa shape index (κ2) is 4.47. The lowest BCUT2D eigenvalue weighted by molar-refractivity contribution is 0.745. The molecule has 17 heavy (non-hydrogen) atoms. The summed E-state index contributed by atoms with van der Waals surface area (Å²) >= 11 is 6.14. The molecule has 0 radical (unpaired) electrons. The minimum Gasteiger partial charge on any atom is -0.324 e. The summed E-state index contributed by atoms with van der Waals surface area (Å²) in [6.07, 6.45) is 1.73. The van der Waals surface area contributed by atoms with Gasteiger partial charge in [-0.3, -0.25) is 0 Å². The van der Waals surface area contributed by atoms with E-state index in [9.17, 15) is 0 Å². The van der Waals surface area contributed by atoms with Gasteiger partial charge in [-0.05, 0) is 26.8 Å². The van der Waals surface area contributed by atoms with Crippen LogP contribution in [0.15, 0.2) is 18.3 Å². The standard InChI is InChI=1S/C12H15ClN4/c1-7(14)10-5-4-6-15-12(10)17-9(3)11(13)8(2)16-17/h4-7H,14H2,1-3H3/t7-/m0/s1. The molecule has 0 aliphatic carbocycles. The van der Waals surface area contributed by atoms with E-state index in [-0.39, 0.29) is 6.04 Å². The highest BCUT2D eigenvalue weighted by atomic mass is 35.5. The fourth-order valence-electron chi connectivity index (χ4n) is 1.77. The van der Waals surface area contributed by atoms with Gasteiger partial charge in [0.25, 0.3) is 0 Å². The van der Waals surface area contributed by atoms with E-state index in [0.717, 1.165) is 22.8 Å². The molecule has 90 valence electrons. The van der Waals surface area contributed by atoms with Gasteiger partial charge in [-0.1, -0.05) is 17.7 Å². The number of aromatic nitrogens is 3. The van der Waals surface area contributed by atoms with E-state index >= 15 is 0 Å². The summed E-state index contributed by atoms with van der Waals surface area (Å²) in [7, 11) is 0. The lowest BCUT2D eigenvalue weighted by Crippen LogP contribution is -2.12. The Morgan fingerprint density at radius 2 is 2.12 bits per heavy atom. The smallest absolute Gasteiger partial charge is 0.158 e. The van der Waals surface area contributed by atoms with E-state index in [1.54, 1.807) is 10.9 Å². The Morgan fingerprint density at radius 1 is 1.41 bits per heavy atom. The minimum atomic E-state index is -0.0959. The average Bonchev–Trinajstić information content (AvgIpc) is 2.57. The number of hydrogen-bond acceptors (Lipinski definition) is 3. The number of hydrogen-bond donors (Lipinski definition) is 1. The molecule has 0 amide bonds. The van der Waals surface area contributed by atoms with Gasteiger partial charge in [-0.25, -0.2) is 9.67 Å². The van der Waals surface area contributed by atoms with Gasteiger partial charge in [0.15, 0.2) is 5.82 Å². The Kier molecular flexibility index (Phi) is 3.17. The van der Waals surface area contributed by atoms with Crippen LogP contribution in [0.25, 0.3) is 5.82 Å². The number of nitrogens with zero attached hydrogens (tertiary/aromatic N) is 3. The zero-order valence-corrected chi connectivity index (χ0v) is 10.9. The predicted molar refractivity (Wildman–Crippen MR) is 68.4 cm³/mol. The molecule has 0 saturated heterocycles. The molecule has 0 aromatic carbocycles. The van der Waals surface area contributed by atoms with Crippen LogP contribution in [0.5, 0.6) is 0 Å². The van der Waals surface area contributed by atoms with Crippen LogP contribution in [-0.4, -0.2) is 14.8 Å². The highest BCUT2D eigenvalue weighted by molar-refractivity contribution is 6.31. The van der Waals surface area contributed by atoms with Crippen molar-refractivity contribution in [1.29, 1.82) is 0 Å². The summed E-state index contributed by atoms with van der Waals surface area (Å²) < 4.78 is 1.75. The van der Waals surface area contributed by atoms with E-state index in [1.807, 2.05) is 32.9 Å². The first-order valence-electron chi connectivity index (χ1n) is 5.45. The van der Waals surface area contributed by atoms with Crippen LogP contribution in [0.1, 0.15) is 29.9 Å². The Labute approximate surface area is 105 Å². The van der Waals surface area contributed by atoms with E-state index < -0.39 is 0 Å². The van der Waals surface area contributed by atoms with E-state index in [4.69, 9.17) is 17.3 Å². The van der Waals surface area contributed by atoms with Crippen molar-refractivity contribution in [3.8, 4) is 5.82 Å². The molecule has 2 N–H and O–H groups in total. The van der Waals surface area contributed by atoms with Crippen LogP contribution in [0.2, 0.25) is 5.02 Å². The molecule has 0 saturated carbocycles. The molecule has 2 aromatic heterocycles. The van der Waals surface area contributed by atoms with Crippen molar-refractivity contribution < 1.29 is 0 Å². The maximum atomic E-state index is 6.14. The summed E-state index contributed by atoms with van der Waals surface area (Å²) in [5.74, 6) is 0.745. The van der Waals surface area contributed by atoms with Crippen molar-refractivity contribution in [3.63, 3.8) is 0 Å². The molecule has 0 fully saturated rings. The average molecular weight is 251 g/mol. The summed E-state index contributed by atoms with van der Waals surface area (Å²) in [5, 5.41) is 5.06. The third-order valence-electron chi connectivity index (χ3n) is 2.71. The molecule has 0 bridgehead atoms. The number of pyridine rings is 1. The maximum absolute atomic E-state index is 6.14. The molecule has 4 nitrogen and oxygen atoms in total. The second-order valence-electron chi connectivity index (χ2n) is 4.10. The van der Waals surface area contributed by atoms with E-state index in [1.165, 1.54) is 0 Å². The van der Waals surface area contributed by atoms with Gasteiger partial charge in [0.2, 0.25) is 0 Å². The maximum Gasteiger partial charge on any atom is 0.158 e. The molecule has 0 unspecified atom stereocenters. The molecule has 0 aliphatic rings. The largest absolute Gasteiger partial charge is 0.324 e. The van der Waals surface area contributed by atoms with Gasteiger partial charge in [0, 0.05) is 17.8 Å².